The van der Waals surface area contributed by atoms with Gasteiger partial charge in [0.05, 0.1) is 6.10 Å². The molecule has 0 unspecified atom stereocenters. The monoisotopic (exact) mass is 241 g/mol. The number of aliphatic hydroxyl groups is 1. The number of hydrogen-bond donors (Lipinski definition) is 1. The number of likely N-dealkylation sites (tertiary alicyclic amines) is 1. The van der Waals surface area contributed by atoms with Crippen molar-refractivity contribution in [1.29, 1.82) is 0 Å². The van der Waals surface area contributed by atoms with Gasteiger partial charge in [0.1, 0.15) is 5.82 Å². The second-order valence-electron chi connectivity index (χ2n) is 4.05. The van der Waals surface area contributed by atoms with Gasteiger partial charge in [-0.05, 0) is 30.7 Å². The second-order valence-corrected chi connectivity index (χ2v) is 5.21. The molecule has 1 aliphatic rings. The van der Waals surface area contributed by atoms with E-state index in [1.165, 1.54) is 12.1 Å². The van der Waals surface area contributed by atoms with Crippen LogP contribution in [0.5, 0.6) is 0 Å². The molecular weight excluding hydrogens is 225 g/mol. The fourth-order valence-electron chi connectivity index (χ4n) is 1.84. The molecule has 0 amide bonds. The van der Waals surface area contributed by atoms with E-state index < -0.39 is 0 Å². The van der Waals surface area contributed by atoms with Crippen LogP contribution < -0.4 is 0 Å². The van der Waals surface area contributed by atoms with Crippen LogP contribution in [0.3, 0.4) is 0 Å². The number of rotatable bonds is 4. The van der Waals surface area contributed by atoms with Crippen LogP contribution in [0.2, 0.25) is 0 Å². The van der Waals surface area contributed by atoms with E-state index in [1.807, 2.05) is 0 Å². The highest BCUT2D eigenvalue weighted by molar-refractivity contribution is 7.99. The zero-order chi connectivity index (χ0) is 11.4. The minimum atomic E-state index is -0.188. The van der Waals surface area contributed by atoms with Crippen molar-refractivity contribution < 1.29 is 9.50 Å². The Kier molecular flexibility index (Phi) is 4.21. The van der Waals surface area contributed by atoms with Gasteiger partial charge in [0.2, 0.25) is 0 Å². The summed E-state index contributed by atoms with van der Waals surface area (Å²) in [5.41, 5.74) is 0. The Morgan fingerprint density at radius 3 is 2.75 bits per heavy atom. The smallest absolute Gasteiger partial charge is 0.123 e. The fourth-order valence-corrected chi connectivity index (χ4v) is 2.75. The van der Waals surface area contributed by atoms with Crippen molar-refractivity contribution in [3.63, 3.8) is 0 Å². The predicted molar refractivity (Wildman–Crippen MR) is 64.2 cm³/mol. The number of halogens is 1. The Bertz CT molecular complexity index is 330. The van der Waals surface area contributed by atoms with E-state index >= 15 is 0 Å². The second kappa shape index (κ2) is 5.66. The molecule has 2 rings (SSSR count). The van der Waals surface area contributed by atoms with Crippen molar-refractivity contribution in [2.75, 3.05) is 25.4 Å². The van der Waals surface area contributed by atoms with Crippen molar-refractivity contribution in [3.8, 4) is 0 Å². The molecule has 0 aliphatic carbocycles. The van der Waals surface area contributed by atoms with E-state index in [1.54, 1.807) is 23.9 Å². The number of β-amino-alcohol motifs (C(OH)–C–C–N with tert-alkyl or cyclic N) is 1. The van der Waals surface area contributed by atoms with Gasteiger partial charge in [-0.25, -0.2) is 4.39 Å². The fraction of sp³-hybridized carbons (Fsp3) is 0.500. The van der Waals surface area contributed by atoms with Crippen molar-refractivity contribution in [1.82, 2.24) is 4.90 Å². The maximum absolute atomic E-state index is 12.7. The Balaban J connectivity index is 1.70. The summed E-state index contributed by atoms with van der Waals surface area (Å²) in [6, 6.07) is 6.58. The number of benzene rings is 1. The van der Waals surface area contributed by atoms with Gasteiger partial charge in [-0.2, -0.15) is 0 Å². The summed E-state index contributed by atoms with van der Waals surface area (Å²) in [7, 11) is 0. The molecule has 1 heterocycles. The standard InChI is InChI=1S/C12H16FNOS/c13-10-1-3-12(4-2-10)16-8-7-14-6-5-11(15)9-14/h1-4,11,15H,5-9H2/t11-/m1/s1. The van der Waals surface area contributed by atoms with Crippen LogP contribution in [0, 0.1) is 5.82 Å². The van der Waals surface area contributed by atoms with E-state index in [-0.39, 0.29) is 11.9 Å². The summed E-state index contributed by atoms with van der Waals surface area (Å²) in [6.45, 7) is 2.77. The minimum absolute atomic E-state index is 0.143. The van der Waals surface area contributed by atoms with Gasteiger partial charge in [0.25, 0.3) is 0 Å². The lowest BCUT2D eigenvalue weighted by Crippen LogP contribution is -2.24. The molecule has 1 atom stereocenters. The van der Waals surface area contributed by atoms with E-state index in [4.69, 9.17) is 0 Å². The number of thioether (sulfide) groups is 1. The topological polar surface area (TPSA) is 23.5 Å². The third-order valence-corrected chi connectivity index (χ3v) is 3.73. The zero-order valence-electron chi connectivity index (χ0n) is 9.10. The van der Waals surface area contributed by atoms with Gasteiger partial charge in [-0.3, -0.25) is 4.90 Å². The van der Waals surface area contributed by atoms with Crippen LogP contribution in [-0.4, -0.2) is 41.5 Å². The largest absolute Gasteiger partial charge is 0.392 e. The zero-order valence-corrected chi connectivity index (χ0v) is 9.92. The molecule has 1 aliphatic heterocycles. The van der Waals surface area contributed by atoms with Gasteiger partial charge >= 0.3 is 0 Å². The SMILES string of the molecule is O[C@@H]1CCN(CCSc2ccc(F)cc2)C1. The minimum Gasteiger partial charge on any atom is -0.392 e. The van der Waals surface area contributed by atoms with Crippen LogP contribution in [0.1, 0.15) is 6.42 Å². The summed E-state index contributed by atoms with van der Waals surface area (Å²) >= 11 is 1.73. The highest BCUT2D eigenvalue weighted by atomic mass is 32.2. The number of aliphatic hydroxyl groups excluding tert-OH is 1. The third-order valence-electron chi connectivity index (χ3n) is 2.74. The first kappa shape index (κ1) is 11.9. The quantitative estimate of drug-likeness (QED) is 0.815. The first-order valence-electron chi connectivity index (χ1n) is 5.53. The summed E-state index contributed by atoms with van der Waals surface area (Å²) in [5, 5.41) is 9.36. The van der Waals surface area contributed by atoms with Crippen molar-refractivity contribution in [3.05, 3.63) is 30.1 Å². The van der Waals surface area contributed by atoms with Gasteiger partial charge in [-0.1, -0.05) is 0 Å². The molecule has 16 heavy (non-hydrogen) atoms. The van der Waals surface area contributed by atoms with Gasteiger partial charge in [0.15, 0.2) is 0 Å². The van der Waals surface area contributed by atoms with E-state index in [0.717, 1.165) is 36.7 Å². The average molecular weight is 241 g/mol. The summed E-state index contributed by atoms with van der Waals surface area (Å²) in [5.74, 6) is 0.797. The molecule has 0 spiro atoms. The molecule has 1 fully saturated rings. The van der Waals surface area contributed by atoms with E-state index in [9.17, 15) is 9.50 Å². The summed E-state index contributed by atoms with van der Waals surface area (Å²) < 4.78 is 12.7. The van der Waals surface area contributed by atoms with Crippen LogP contribution in [0.25, 0.3) is 0 Å². The Labute approximate surface area is 99.5 Å². The highest BCUT2D eigenvalue weighted by Gasteiger charge is 2.19. The first-order valence-corrected chi connectivity index (χ1v) is 6.51. The van der Waals surface area contributed by atoms with Gasteiger partial charge in [0, 0.05) is 30.3 Å². The van der Waals surface area contributed by atoms with Crippen LogP contribution >= 0.6 is 11.8 Å². The van der Waals surface area contributed by atoms with Crippen LogP contribution in [0.15, 0.2) is 29.2 Å². The molecule has 1 N–H and O–H groups in total. The number of hydrogen-bond acceptors (Lipinski definition) is 3. The first-order chi connectivity index (χ1) is 7.74. The number of nitrogens with zero attached hydrogens (tertiary/aromatic N) is 1. The lowest BCUT2D eigenvalue weighted by Gasteiger charge is -2.13. The normalized spacial score (nSPS) is 21.5. The van der Waals surface area contributed by atoms with Crippen molar-refractivity contribution in [2.24, 2.45) is 0 Å². The summed E-state index contributed by atoms with van der Waals surface area (Å²) in [4.78, 5) is 3.36. The molecule has 1 saturated heterocycles. The van der Waals surface area contributed by atoms with Gasteiger partial charge < -0.3 is 5.11 Å². The lowest BCUT2D eigenvalue weighted by molar-refractivity contribution is 0.178. The van der Waals surface area contributed by atoms with Crippen LogP contribution in [0.4, 0.5) is 4.39 Å². The maximum atomic E-state index is 12.7. The molecule has 0 saturated carbocycles. The Hall–Kier alpha value is -0.580. The molecule has 88 valence electrons. The van der Waals surface area contributed by atoms with E-state index in [0.29, 0.717) is 0 Å². The highest BCUT2D eigenvalue weighted by Crippen LogP contribution is 2.19. The molecule has 0 aromatic heterocycles. The molecule has 1 aromatic rings. The summed E-state index contributed by atoms with van der Waals surface area (Å²) in [6.07, 6.45) is 0.747. The van der Waals surface area contributed by atoms with Gasteiger partial charge in [-0.15, -0.1) is 11.8 Å². The Morgan fingerprint density at radius 1 is 1.38 bits per heavy atom. The lowest BCUT2D eigenvalue weighted by atomic mass is 10.3. The van der Waals surface area contributed by atoms with Crippen LogP contribution in [-0.2, 0) is 0 Å². The van der Waals surface area contributed by atoms with E-state index in [2.05, 4.69) is 4.90 Å². The molecule has 0 bridgehead atoms. The molecule has 2 nitrogen and oxygen atoms in total. The molecule has 1 aromatic carbocycles. The average Bonchev–Trinajstić information content (AvgIpc) is 2.67. The van der Waals surface area contributed by atoms with Crippen molar-refractivity contribution in [2.45, 2.75) is 17.4 Å². The Morgan fingerprint density at radius 2 is 2.12 bits per heavy atom. The molecule has 0 radical (unpaired) electrons. The predicted octanol–water partition coefficient (Wildman–Crippen LogP) is 1.98. The molecule has 4 heteroatoms. The maximum Gasteiger partial charge on any atom is 0.123 e. The van der Waals surface area contributed by atoms with Crippen molar-refractivity contribution >= 4 is 11.8 Å². The molecular formula is C12H16FNOS. The third kappa shape index (κ3) is 3.47.